The predicted octanol–water partition coefficient (Wildman–Crippen LogP) is 5.28. The molecule has 7 nitrogen and oxygen atoms in total. The van der Waals surface area contributed by atoms with Crippen molar-refractivity contribution in [2.24, 2.45) is 5.73 Å². The standard InChI is InChI=1S/C31H27F4N5O2/c1-2-39-28-24(26(30(36)15-16-30)38-40(28)22-9-4-3-5-10-22)23(18-11-13-21(32)14-12-18)25(29(39)42)37-27(41)19-7-6-8-20(17-19)31(33,34)35/h3-14,17,23,25H,2,15-16,36H2,1H3,(H,37,41)/t23-,25+/m1/s1. The summed E-state index contributed by atoms with van der Waals surface area (Å²) in [5, 5.41) is 7.63. The van der Waals surface area contributed by atoms with Crippen LogP contribution in [0.4, 0.5) is 23.4 Å². The quantitative estimate of drug-likeness (QED) is 0.305. The smallest absolute Gasteiger partial charge is 0.339 e. The van der Waals surface area contributed by atoms with Crippen LogP contribution in [0.1, 0.15) is 58.4 Å². The molecule has 216 valence electrons. The number of carbonyl (C=O) groups excluding carboxylic acids is 2. The van der Waals surface area contributed by atoms with Crippen molar-refractivity contribution in [2.75, 3.05) is 11.4 Å². The van der Waals surface area contributed by atoms with Gasteiger partial charge in [0, 0.05) is 23.6 Å². The van der Waals surface area contributed by atoms with Gasteiger partial charge in [-0.25, -0.2) is 9.07 Å². The maximum absolute atomic E-state index is 14.2. The minimum atomic E-state index is -4.65. The number of carbonyl (C=O) groups is 2. The lowest BCUT2D eigenvalue weighted by Gasteiger charge is -2.39. The van der Waals surface area contributed by atoms with E-state index in [4.69, 9.17) is 10.8 Å². The second-order valence-electron chi connectivity index (χ2n) is 10.6. The SMILES string of the molecule is CCN1C(=O)[C@@H](NC(=O)c2cccc(C(F)(F)F)c2)[C@H](c2ccc(F)cc2)c2c(C3(N)CC3)nn(-c3ccccc3)c21. The number of nitrogens with zero attached hydrogens (tertiary/aromatic N) is 3. The first-order valence-corrected chi connectivity index (χ1v) is 13.5. The van der Waals surface area contributed by atoms with E-state index in [-0.39, 0.29) is 12.1 Å². The average Bonchev–Trinajstić information content (AvgIpc) is 3.60. The molecule has 0 radical (unpaired) electrons. The molecule has 1 aromatic heterocycles. The van der Waals surface area contributed by atoms with Crippen LogP contribution in [0, 0.1) is 5.82 Å². The number of hydrogen-bond acceptors (Lipinski definition) is 4. The Morgan fingerprint density at radius 3 is 2.36 bits per heavy atom. The molecule has 2 aliphatic rings. The first-order chi connectivity index (χ1) is 20.0. The van der Waals surface area contributed by atoms with Gasteiger partial charge in [0.15, 0.2) is 0 Å². The monoisotopic (exact) mass is 577 g/mol. The van der Waals surface area contributed by atoms with Crippen molar-refractivity contribution in [3.8, 4) is 5.69 Å². The summed E-state index contributed by atoms with van der Waals surface area (Å²) < 4.78 is 55.9. The minimum absolute atomic E-state index is 0.216. The van der Waals surface area contributed by atoms with E-state index in [2.05, 4.69) is 5.32 Å². The number of nitrogens with one attached hydrogen (secondary N) is 1. The third-order valence-corrected chi connectivity index (χ3v) is 7.87. The third kappa shape index (κ3) is 4.73. The lowest BCUT2D eigenvalue weighted by atomic mass is 9.79. The van der Waals surface area contributed by atoms with Crippen molar-refractivity contribution in [2.45, 2.75) is 43.4 Å². The number of likely N-dealkylation sites (N-methyl/N-ethyl adjacent to an activating group) is 1. The number of anilines is 1. The van der Waals surface area contributed by atoms with Gasteiger partial charge in [-0.1, -0.05) is 36.4 Å². The van der Waals surface area contributed by atoms with E-state index in [9.17, 15) is 27.2 Å². The lowest BCUT2D eigenvalue weighted by Crippen LogP contribution is -2.55. The number of rotatable bonds is 6. The molecule has 1 saturated carbocycles. The van der Waals surface area contributed by atoms with Crippen LogP contribution in [0.3, 0.4) is 0 Å². The van der Waals surface area contributed by atoms with E-state index >= 15 is 0 Å². The number of amides is 2. The van der Waals surface area contributed by atoms with Crippen LogP contribution < -0.4 is 16.0 Å². The summed E-state index contributed by atoms with van der Waals surface area (Å²) in [7, 11) is 0. The van der Waals surface area contributed by atoms with Crippen LogP contribution in [0.2, 0.25) is 0 Å². The zero-order valence-electron chi connectivity index (χ0n) is 22.5. The Morgan fingerprint density at radius 2 is 1.74 bits per heavy atom. The van der Waals surface area contributed by atoms with Crippen molar-refractivity contribution in [1.82, 2.24) is 15.1 Å². The van der Waals surface area contributed by atoms with Crippen molar-refractivity contribution in [1.29, 1.82) is 0 Å². The second kappa shape index (κ2) is 10.1. The molecule has 3 aromatic carbocycles. The summed E-state index contributed by atoms with van der Waals surface area (Å²) >= 11 is 0. The number of para-hydroxylation sites is 1. The summed E-state index contributed by atoms with van der Waals surface area (Å²) in [6.45, 7) is 2.00. The highest BCUT2D eigenvalue weighted by Gasteiger charge is 2.52. The normalized spacial score (nSPS) is 19.4. The Morgan fingerprint density at radius 1 is 1.05 bits per heavy atom. The highest BCUT2D eigenvalue weighted by molar-refractivity contribution is 6.05. The van der Waals surface area contributed by atoms with E-state index in [0.717, 1.165) is 18.2 Å². The van der Waals surface area contributed by atoms with Gasteiger partial charge in [-0.2, -0.15) is 18.3 Å². The molecule has 6 rings (SSSR count). The van der Waals surface area contributed by atoms with Gasteiger partial charge >= 0.3 is 6.18 Å². The molecular weight excluding hydrogens is 550 g/mol. The summed E-state index contributed by atoms with van der Waals surface area (Å²) in [6, 6.07) is 17.6. The molecule has 2 heterocycles. The van der Waals surface area contributed by atoms with E-state index in [1.165, 1.54) is 35.2 Å². The molecule has 0 bridgehead atoms. The molecule has 3 N–H and O–H groups in total. The predicted molar refractivity (Wildman–Crippen MR) is 148 cm³/mol. The van der Waals surface area contributed by atoms with Crippen LogP contribution in [-0.4, -0.2) is 34.2 Å². The third-order valence-electron chi connectivity index (χ3n) is 7.87. The lowest BCUT2D eigenvalue weighted by molar-refractivity contribution is -0.137. The van der Waals surface area contributed by atoms with E-state index in [1.807, 2.05) is 30.3 Å². The molecule has 1 aliphatic heterocycles. The van der Waals surface area contributed by atoms with Crippen LogP contribution in [0.25, 0.3) is 5.69 Å². The maximum Gasteiger partial charge on any atom is 0.416 e. The Balaban J connectivity index is 1.54. The van der Waals surface area contributed by atoms with Crippen LogP contribution in [0.5, 0.6) is 0 Å². The molecule has 0 spiro atoms. The van der Waals surface area contributed by atoms with Crippen molar-refractivity contribution in [3.05, 3.63) is 113 Å². The van der Waals surface area contributed by atoms with Crippen LogP contribution >= 0.6 is 0 Å². The molecule has 0 unspecified atom stereocenters. The van der Waals surface area contributed by atoms with Crippen LogP contribution in [-0.2, 0) is 16.5 Å². The zero-order valence-corrected chi connectivity index (χ0v) is 22.5. The summed E-state index contributed by atoms with van der Waals surface area (Å²) in [5.74, 6) is -2.18. The number of alkyl halides is 3. The van der Waals surface area contributed by atoms with Gasteiger partial charge in [-0.3, -0.25) is 14.5 Å². The average molecular weight is 578 g/mol. The fourth-order valence-corrected chi connectivity index (χ4v) is 5.58. The number of aromatic nitrogens is 2. The summed E-state index contributed by atoms with van der Waals surface area (Å²) in [5.41, 5.74) is 7.12. The van der Waals surface area contributed by atoms with Crippen molar-refractivity contribution < 1.29 is 27.2 Å². The molecule has 11 heteroatoms. The van der Waals surface area contributed by atoms with E-state index < -0.39 is 46.9 Å². The summed E-state index contributed by atoms with van der Waals surface area (Å²) in [6.07, 6.45) is -3.34. The minimum Gasteiger partial charge on any atom is -0.339 e. The largest absolute Gasteiger partial charge is 0.416 e. The molecule has 2 atom stereocenters. The molecule has 4 aromatic rings. The Labute approximate surface area is 238 Å². The first kappa shape index (κ1) is 27.6. The maximum atomic E-state index is 14.2. The van der Waals surface area contributed by atoms with Crippen molar-refractivity contribution >= 4 is 17.6 Å². The van der Waals surface area contributed by atoms with E-state index in [1.54, 1.807) is 11.6 Å². The molecule has 2 amide bonds. The highest BCUT2D eigenvalue weighted by atomic mass is 19.4. The number of benzene rings is 3. The van der Waals surface area contributed by atoms with Gasteiger partial charge in [0.2, 0.25) is 0 Å². The van der Waals surface area contributed by atoms with Crippen LogP contribution in [0.15, 0.2) is 78.9 Å². The first-order valence-electron chi connectivity index (χ1n) is 13.5. The summed E-state index contributed by atoms with van der Waals surface area (Å²) in [4.78, 5) is 29.1. The number of fused-ring (bicyclic) bond motifs is 1. The molecule has 0 saturated heterocycles. The Hall–Kier alpha value is -4.51. The van der Waals surface area contributed by atoms with Gasteiger partial charge < -0.3 is 11.1 Å². The van der Waals surface area contributed by atoms with Gasteiger partial charge in [0.05, 0.1) is 22.5 Å². The number of hydrogen-bond donors (Lipinski definition) is 2. The molecule has 1 fully saturated rings. The fourth-order valence-electron chi connectivity index (χ4n) is 5.58. The van der Waals surface area contributed by atoms with Gasteiger partial charge in [-0.05, 0) is 67.8 Å². The Kier molecular flexibility index (Phi) is 6.64. The second-order valence-corrected chi connectivity index (χ2v) is 10.6. The van der Waals surface area contributed by atoms with E-state index in [0.29, 0.717) is 41.2 Å². The number of halogens is 4. The van der Waals surface area contributed by atoms with Crippen molar-refractivity contribution in [3.63, 3.8) is 0 Å². The number of nitrogens with two attached hydrogens (primary N) is 1. The topological polar surface area (TPSA) is 93.2 Å². The molecular formula is C31H27F4N5O2. The van der Waals surface area contributed by atoms with Gasteiger partial charge in [0.1, 0.15) is 17.7 Å². The highest BCUT2D eigenvalue weighted by Crippen LogP contribution is 2.51. The van der Waals surface area contributed by atoms with Gasteiger partial charge in [-0.15, -0.1) is 0 Å². The Bertz CT molecular complexity index is 1660. The molecule has 1 aliphatic carbocycles. The molecule has 42 heavy (non-hydrogen) atoms. The zero-order chi connectivity index (χ0) is 29.8. The van der Waals surface area contributed by atoms with Gasteiger partial charge in [0.25, 0.3) is 11.8 Å². The fraction of sp³-hybridized carbons (Fsp3) is 0.258.